The van der Waals surface area contributed by atoms with Crippen molar-refractivity contribution in [1.29, 1.82) is 0 Å². The Labute approximate surface area is 119 Å². The summed E-state index contributed by atoms with van der Waals surface area (Å²) in [6.07, 6.45) is 4.80. The van der Waals surface area contributed by atoms with Crippen LogP contribution in [0.4, 0.5) is 0 Å². The van der Waals surface area contributed by atoms with Crippen LogP contribution in [0.1, 0.15) is 10.5 Å². The van der Waals surface area contributed by atoms with Gasteiger partial charge in [-0.25, -0.2) is 9.97 Å². The molecule has 0 radical (unpaired) electrons. The van der Waals surface area contributed by atoms with Crippen LogP contribution in [-0.2, 0) is 13.1 Å². The van der Waals surface area contributed by atoms with Crippen LogP contribution >= 0.6 is 0 Å². The third kappa shape index (κ3) is 2.40. The highest BCUT2D eigenvalue weighted by Gasteiger charge is 2.10. The number of carbonyl (C=O) groups excluding carboxylic acids is 1. The summed E-state index contributed by atoms with van der Waals surface area (Å²) in [6.45, 7) is 1.15. The number of carbonyl (C=O) groups is 1. The summed E-state index contributed by atoms with van der Waals surface area (Å²) in [6, 6.07) is 1.58. The van der Waals surface area contributed by atoms with Crippen LogP contribution in [0.2, 0.25) is 0 Å². The van der Waals surface area contributed by atoms with E-state index in [4.69, 9.17) is 10.5 Å². The van der Waals surface area contributed by atoms with Crippen molar-refractivity contribution < 1.29 is 9.53 Å². The summed E-state index contributed by atoms with van der Waals surface area (Å²) in [5, 5.41) is 4.07. The highest BCUT2D eigenvalue weighted by Crippen LogP contribution is 2.18. The fraction of sp³-hybridized carbons (Fsp3) is 0.250. The van der Waals surface area contributed by atoms with Crippen LogP contribution in [-0.4, -0.2) is 42.3 Å². The summed E-state index contributed by atoms with van der Waals surface area (Å²) < 4.78 is 8.65. The number of fused-ring (bicyclic) bond motifs is 1. The van der Waals surface area contributed by atoms with Crippen molar-refractivity contribution in [1.82, 2.24) is 29.3 Å². The van der Waals surface area contributed by atoms with Gasteiger partial charge in [0.1, 0.15) is 12.0 Å². The first-order valence-electron chi connectivity index (χ1n) is 6.22. The first-order chi connectivity index (χ1) is 10.2. The van der Waals surface area contributed by atoms with Crippen molar-refractivity contribution in [2.24, 2.45) is 5.73 Å². The van der Waals surface area contributed by atoms with Gasteiger partial charge in [0.15, 0.2) is 11.2 Å². The zero-order chi connectivity index (χ0) is 14.8. The predicted molar refractivity (Wildman–Crippen MR) is 72.6 cm³/mol. The molecule has 0 saturated heterocycles. The summed E-state index contributed by atoms with van der Waals surface area (Å²) in [4.78, 5) is 23.4. The maximum Gasteiger partial charge on any atom is 0.269 e. The molecule has 0 aliphatic rings. The van der Waals surface area contributed by atoms with Crippen LogP contribution in [0.15, 0.2) is 24.9 Å². The van der Waals surface area contributed by atoms with E-state index >= 15 is 0 Å². The first kappa shape index (κ1) is 13.0. The van der Waals surface area contributed by atoms with Crippen LogP contribution in [0, 0.1) is 0 Å². The number of methoxy groups -OCH3 is 1. The lowest BCUT2D eigenvalue weighted by molar-refractivity contribution is 0.0994. The third-order valence-electron chi connectivity index (χ3n) is 3.02. The molecule has 0 unspecified atom stereocenters. The van der Waals surface area contributed by atoms with Crippen molar-refractivity contribution in [3.05, 3.63) is 30.6 Å². The first-order valence-corrected chi connectivity index (χ1v) is 6.22. The standard InChI is InChI=1S/C12H13N7O2/c1-21-12-9-11(14-6-15-12)18(7-16-9)4-5-19-3-2-8(17-19)10(13)20/h2-3,6-7H,4-5H2,1H3,(H2,13,20). The number of aromatic nitrogens is 6. The Morgan fingerprint density at radius 2 is 2.19 bits per heavy atom. The fourth-order valence-corrected chi connectivity index (χ4v) is 2.00. The molecule has 9 nitrogen and oxygen atoms in total. The van der Waals surface area contributed by atoms with E-state index in [1.807, 2.05) is 4.57 Å². The summed E-state index contributed by atoms with van der Waals surface area (Å²) in [7, 11) is 1.54. The Morgan fingerprint density at radius 3 is 2.90 bits per heavy atom. The number of nitrogens with zero attached hydrogens (tertiary/aromatic N) is 6. The molecule has 108 valence electrons. The maximum atomic E-state index is 11.0. The van der Waals surface area contributed by atoms with E-state index in [-0.39, 0.29) is 5.69 Å². The molecule has 0 bridgehead atoms. The maximum absolute atomic E-state index is 11.0. The number of ether oxygens (including phenoxy) is 1. The smallest absolute Gasteiger partial charge is 0.269 e. The molecule has 0 aromatic carbocycles. The monoisotopic (exact) mass is 287 g/mol. The molecular formula is C12H13N7O2. The zero-order valence-corrected chi connectivity index (χ0v) is 11.3. The molecule has 9 heteroatoms. The molecule has 0 saturated carbocycles. The van der Waals surface area contributed by atoms with Gasteiger partial charge in [-0.1, -0.05) is 0 Å². The minimum atomic E-state index is -0.542. The Morgan fingerprint density at radius 1 is 1.33 bits per heavy atom. The van der Waals surface area contributed by atoms with Gasteiger partial charge in [0, 0.05) is 12.7 Å². The molecule has 2 N–H and O–H groups in total. The highest BCUT2D eigenvalue weighted by atomic mass is 16.5. The molecule has 3 aromatic heterocycles. The van der Waals surface area contributed by atoms with Gasteiger partial charge in [-0.3, -0.25) is 9.48 Å². The molecule has 0 spiro atoms. The van der Waals surface area contributed by atoms with E-state index in [1.54, 1.807) is 23.3 Å². The van der Waals surface area contributed by atoms with Gasteiger partial charge in [0.25, 0.3) is 5.91 Å². The molecule has 0 fully saturated rings. The number of primary amides is 1. The zero-order valence-electron chi connectivity index (χ0n) is 11.3. The second-order valence-electron chi connectivity index (χ2n) is 4.32. The van der Waals surface area contributed by atoms with Gasteiger partial charge in [0.05, 0.1) is 20.0 Å². The van der Waals surface area contributed by atoms with Gasteiger partial charge in [-0.15, -0.1) is 0 Å². The Balaban J connectivity index is 1.80. The molecule has 3 heterocycles. The van der Waals surface area contributed by atoms with Gasteiger partial charge in [-0.2, -0.15) is 10.1 Å². The van der Waals surface area contributed by atoms with Crippen LogP contribution < -0.4 is 10.5 Å². The lowest BCUT2D eigenvalue weighted by Crippen LogP contribution is -2.13. The lowest BCUT2D eigenvalue weighted by atomic mass is 10.4. The number of nitrogens with two attached hydrogens (primary N) is 1. The topological polar surface area (TPSA) is 114 Å². The fourth-order valence-electron chi connectivity index (χ4n) is 2.00. The second kappa shape index (κ2) is 5.19. The molecule has 0 aliphatic carbocycles. The van der Waals surface area contributed by atoms with E-state index in [2.05, 4.69) is 20.1 Å². The van der Waals surface area contributed by atoms with Gasteiger partial charge in [0.2, 0.25) is 5.88 Å². The second-order valence-corrected chi connectivity index (χ2v) is 4.32. The Bertz CT molecular complexity index is 792. The Hall–Kier alpha value is -2.97. The number of hydrogen-bond acceptors (Lipinski definition) is 6. The Kier molecular flexibility index (Phi) is 3.22. The van der Waals surface area contributed by atoms with E-state index < -0.39 is 5.91 Å². The van der Waals surface area contributed by atoms with Crippen molar-refractivity contribution in [2.45, 2.75) is 13.1 Å². The summed E-state index contributed by atoms with van der Waals surface area (Å²) >= 11 is 0. The highest BCUT2D eigenvalue weighted by molar-refractivity contribution is 5.90. The quantitative estimate of drug-likeness (QED) is 0.697. The number of aryl methyl sites for hydroxylation is 2. The van der Waals surface area contributed by atoms with Crippen LogP contribution in [0.5, 0.6) is 5.88 Å². The van der Waals surface area contributed by atoms with Crippen LogP contribution in [0.3, 0.4) is 0 Å². The number of hydrogen-bond donors (Lipinski definition) is 1. The minimum Gasteiger partial charge on any atom is -0.479 e. The molecule has 3 aromatic rings. The number of rotatable bonds is 5. The molecule has 1 amide bonds. The minimum absolute atomic E-state index is 0.245. The molecular weight excluding hydrogens is 274 g/mol. The third-order valence-corrected chi connectivity index (χ3v) is 3.02. The van der Waals surface area contributed by atoms with Crippen LogP contribution in [0.25, 0.3) is 11.2 Å². The normalized spacial score (nSPS) is 10.9. The van der Waals surface area contributed by atoms with Crippen molar-refractivity contribution >= 4 is 17.1 Å². The number of amides is 1. The number of imidazole rings is 1. The van der Waals surface area contributed by atoms with E-state index in [1.165, 1.54) is 13.4 Å². The largest absolute Gasteiger partial charge is 0.479 e. The van der Waals surface area contributed by atoms with Gasteiger partial charge in [-0.05, 0) is 6.07 Å². The molecule has 21 heavy (non-hydrogen) atoms. The van der Waals surface area contributed by atoms with Crippen molar-refractivity contribution in [3.63, 3.8) is 0 Å². The SMILES string of the molecule is COc1ncnc2c1ncn2CCn1ccc(C(N)=O)n1. The van der Waals surface area contributed by atoms with Gasteiger partial charge < -0.3 is 15.0 Å². The average molecular weight is 287 g/mol. The summed E-state index contributed by atoms with van der Waals surface area (Å²) in [5.74, 6) is -0.104. The molecule has 0 atom stereocenters. The van der Waals surface area contributed by atoms with Gasteiger partial charge >= 0.3 is 0 Å². The van der Waals surface area contributed by atoms with E-state index in [0.29, 0.717) is 30.1 Å². The van der Waals surface area contributed by atoms with Crippen molar-refractivity contribution in [3.8, 4) is 5.88 Å². The lowest BCUT2D eigenvalue weighted by Gasteiger charge is -2.04. The van der Waals surface area contributed by atoms with E-state index in [9.17, 15) is 4.79 Å². The predicted octanol–water partition coefficient (Wildman–Crippen LogP) is -0.170. The molecule has 0 aliphatic heterocycles. The summed E-state index contributed by atoms with van der Waals surface area (Å²) in [5.41, 5.74) is 6.70. The van der Waals surface area contributed by atoms with E-state index in [0.717, 1.165) is 0 Å². The average Bonchev–Trinajstić information content (AvgIpc) is 3.11. The van der Waals surface area contributed by atoms with Crippen molar-refractivity contribution in [2.75, 3.05) is 7.11 Å². The molecule has 3 rings (SSSR count).